The van der Waals surface area contributed by atoms with Crippen LogP contribution in [0.25, 0.3) is 11.1 Å². The molecule has 6 nitrogen and oxygen atoms in total. The predicted molar refractivity (Wildman–Crippen MR) is 79.3 cm³/mol. The van der Waals surface area contributed by atoms with E-state index in [1.165, 1.54) is 26.4 Å². The number of fused-ring (bicyclic) bond motifs is 1. The zero-order chi connectivity index (χ0) is 15.7. The molecule has 0 atom stereocenters. The second kappa shape index (κ2) is 5.55. The molecule has 0 saturated heterocycles. The van der Waals surface area contributed by atoms with Gasteiger partial charge in [-0.1, -0.05) is 0 Å². The summed E-state index contributed by atoms with van der Waals surface area (Å²) in [6, 6.07) is 6.17. The molecule has 0 radical (unpaired) electrons. The number of benzene rings is 2. The van der Waals surface area contributed by atoms with Gasteiger partial charge in [0.25, 0.3) is 0 Å². The molecule has 0 bridgehead atoms. The Balaban J connectivity index is 2.32. The number of phenolic OH excluding ortho intramolecular Hbond substituents is 2. The molecule has 3 rings (SSSR count). The lowest BCUT2D eigenvalue weighted by Crippen LogP contribution is -2.16. The van der Waals surface area contributed by atoms with Gasteiger partial charge < -0.3 is 29.2 Å². The minimum atomic E-state index is -0.0597. The number of hydrogen-bond acceptors (Lipinski definition) is 6. The first-order chi connectivity index (χ1) is 10.7. The van der Waals surface area contributed by atoms with Crippen LogP contribution in [0.2, 0.25) is 0 Å². The summed E-state index contributed by atoms with van der Waals surface area (Å²) in [6.07, 6.45) is 0. The first kappa shape index (κ1) is 14.2. The van der Waals surface area contributed by atoms with Crippen LogP contribution in [0.3, 0.4) is 0 Å². The monoisotopic (exact) mass is 304 g/mol. The number of rotatable bonds is 3. The van der Waals surface area contributed by atoms with Crippen molar-refractivity contribution in [3.05, 3.63) is 24.3 Å². The van der Waals surface area contributed by atoms with Crippen molar-refractivity contribution in [1.29, 1.82) is 0 Å². The molecule has 0 aromatic heterocycles. The molecule has 2 aromatic carbocycles. The van der Waals surface area contributed by atoms with Crippen molar-refractivity contribution in [1.82, 2.24) is 0 Å². The molecule has 0 aliphatic carbocycles. The third kappa shape index (κ3) is 2.13. The summed E-state index contributed by atoms with van der Waals surface area (Å²) in [7, 11) is 2.96. The van der Waals surface area contributed by atoms with E-state index in [1.807, 2.05) is 0 Å². The smallest absolute Gasteiger partial charge is 0.173 e. The van der Waals surface area contributed by atoms with E-state index in [0.29, 0.717) is 47.3 Å². The van der Waals surface area contributed by atoms with E-state index >= 15 is 0 Å². The molecule has 1 heterocycles. The highest BCUT2D eigenvalue weighted by Crippen LogP contribution is 2.53. The number of methoxy groups -OCH3 is 2. The van der Waals surface area contributed by atoms with Gasteiger partial charge in [-0.05, 0) is 24.3 Å². The fraction of sp³-hybridized carbons (Fsp3) is 0.250. The maximum atomic E-state index is 10.3. The third-order valence-corrected chi connectivity index (χ3v) is 3.46. The molecule has 6 heteroatoms. The Morgan fingerprint density at radius 1 is 0.864 bits per heavy atom. The SMILES string of the molecule is COc1ccc(O)c(-c2c(O)ccc3c2OCCO3)c1OC. The number of phenols is 2. The van der Waals surface area contributed by atoms with Crippen LogP contribution in [0.15, 0.2) is 24.3 Å². The van der Waals surface area contributed by atoms with Crippen LogP contribution in [0.5, 0.6) is 34.5 Å². The maximum absolute atomic E-state index is 10.3. The Kier molecular flexibility index (Phi) is 3.58. The Labute approximate surface area is 127 Å². The van der Waals surface area contributed by atoms with Gasteiger partial charge in [0.1, 0.15) is 24.7 Å². The quantitative estimate of drug-likeness (QED) is 0.907. The van der Waals surface area contributed by atoms with Gasteiger partial charge in [-0.3, -0.25) is 0 Å². The lowest BCUT2D eigenvalue weighted by Gasteiger charge is -2.23. The Morgan fingerprint density at radius 3 is 2.27 bits per heavy atom. The molecule has 1 aliphatic rings. The van der Waals surface area contributed by atoms with Crippen LogP contribution < -0.4 is 18.9 Å². The highest BCUT2D eigenvalue weighted by Gasteiger charge is 2.27. The van der Waals surface area contributed by atoms with Gasteiger partial charge in [-0.15, -0.1) is 0 Å². The van der Waals surface area contributed by atoms with E-state index < -0.39 is 0 Å². The lowest BCUT2D eigenvalue weighted by atomic mass is 9.99. The van der Waals surface area contributed by atoms with Gasteiger partial charge in [-0.25, -0.2) is 0 Å². The van der Waals surface area contributed by atoms with E-state index in [4.69, 9.17) is 18.9 Å². The summed E-state index contributed by atoms with van der Waals surface area (Å²) < 4.78 is 21.7. The largest absolute Gasteiger partial charge is 0.507 e. The first-order valence-electron chi connectivity index (χ1n) is 6.73. The van der Waals surface area contributed by atoms with Gasteiger partial charge in [0.05, 0.1) is 25.3 Å². The molecule has 116 valence electrons. The van der Waals surface area contributed by atoms with Crippen molar-refractivity contribution >= 4 is 0 Å². The Hall–Kier alpha value is -2.76. The number of aromatic hydroxyl groups is 2. The summed E-state index contributed by atoms with van der Waals surface area (Å²) in [6.45, 7) is 0.787. The Bertz CT molecular complexity index is 667. The topological polar surface area (TPSA) is 77.4 Å². The van der Waals surface area contributed by atoms with Crippen LogP contribution in [-0.4, -0.2) is 37.6 Å². The predicted octanol–water partition coefficient (Wildman–Crippen LogP) is 2.55. The molecule has 2 aromatic rings. The third-order valence-electron chi connectivity index (χ3n) is 3.46. The Morgan fingerprint density at radius 2 is 1.55 bits per heavy atom. The van der Waals surface area contributed by atoms with Crippen molar-refractivity contribution < 1.29 is 29.2 Å². The number of hydrogen-bond donors (Lipinski definition) is 2. The lowest BCUT2D eigenvalue weighted by molar-refractivity contribution is 0.171. The molecule has 0 amide bonds. The fourth-order valence-electron chi connectivity index (χ4n) is 2.51. The summed E-state index contributed by atoms with van der Waals surface area (Å²) in [4.78, 5) is 0. The molecule has 0 fully saturated rings. The molecule has 0 unspecified atom stereocenters. The van der Waals surface area contributed by atoms with Crippen molar-refractivity contribution in [2.75, 3.05) is 27.4 Å². The van der Waals surface area contributed by atoms with Crippen molar-refractivity contribution in [3.63, 3.8) is 0 Å². The standard InChI is InChI=1S/C16H16O6/c1-19-11-5-3-9(17)13(15(11)20-2)14-10(18)4-6-12-16(14)22-8-7-21-12/h3-6,17-18H,7-8H2,1-2H3. The van der Waals surface area contributed by atoms with Crippen molar-refractivity contribution in [2.45, 2.75) is 0 Å². The average Bonchev–Trinajstić information content (AvgIpc) is 2.55. The molecular formula is C16H16O6. The van der Waals surface area contributed by atoms with Gasteiger partial charge >= 0.3 is 0 Å². The minimum Gasteiger partial charge on any atom is -0.507 e. The van der Waals surface area contributed by atoms with E-state index in [1.54, 1.807) is 12.1 Å². The molecule has 0 spiro atoms. The summed E-state index contributed by atoms with van der Waals surface area (Å²) in [5.41, 5.74) is 0.604. The van der Waals surface area contributed by atoms with Gasteiger partial charge in [-0.2, -0.15) is 0 Å². The van der Waals surface area contributed by atoms with E-state index in [-0.39, 0.29) is 11.5 Å². The normalized spacial score (nSPS) is 12.8. The van der Waals surface area contributed by atoms with Gasteiger partial charge in [0.15, 0.2) is 23.0 Å². The highest BCUT2D eigenvalue weighted by atomic mass is 16.6. The van der Waals surface area contributed by atoms with Gasteiger partial charge in [0, 0.05) is 0 Å². The van der Waals surface area contributed by atoms with Crippen LogP contribution in [0.4, 0.5) is 0 Å². The second-order valence-electron chi connectivity index (χ2n) is 4.68. The molecule has 1 aliphatic heterocycles. The zero-order valence-corrected chi connectivity index (χ0v) is 12.3. The summed E-state index contributed by atoms with van der Waals surface area (Å²) >= 11 is 0. The van der Waals surface area contributed by atoms with E-state index in [0.717, 1.165) is 0 Å². The van der Waals surface area contributed by atoms with Crippen molar-refractivity contribution in [2.24, 2.45) is 0 Å². The number of ether oxygens (including phenoxy) is 4. The maximum Gasteiger partial charge on any atom is 0.173 e. The highest BCUT2D eigenvalue weighted by molar-refractivity contribution is 5.88. The zero-order valence-electron chi connectivity index (χ0n) is 12.3. The molecule has 0 saturated carbocycles. The first-order valence-corrected chi connectivity index (χ1v) is 6.73. The minimum absolute atomic E-state index is 0.0499. The second-order valence-corrected chi connectivity index (χ2v) is 4.68. The van der Waals surface area contributed by atoms with Crippen LogP contribution in [0.1, 0.15) is 0 Å². The van der Waals surface area contributed by atoms with Crippen LogP contribution >= 0.6 is 0 Å². The van der Waals surface area contributed by atoms with Gasteiger partial charge in [0.2, 0.25) is 0 Å². The summed E-state index contributed by atoms with van der Waals surface area (Å²) in [5.74, 6) is 1.50. The van der Waals surface area contributed by atoms with Crippen LogP contribution in [0, 0.1) is 0 Å². The van der Waals surface area contributed by atoms with E-state index in [9.17, 15) is 10.2 Å². The fourth-order valence-corrected chi connectivity index (χ4v) is 2.51. The summed E-state index contributed by atoms with van der Waals surface area (Å²) in [5, 5.41) is 20.6. The van der Waals surface area contributed by atoms with Crippen LogP contribution in [-0.2, 0) is 0 Å². The average molecular weight is 304 g/mol. The molecule has 22 heavy (non-hydrogen) atoms. The molecule has 2 N–H and O–H groups in total. The van der Waals surface area contributed by atoms with Crippen molar-refractivity contribution in [3.8, 4) is 45.6 Å². The molecular weight excluding hydrogens is 288 g/mol. The van der Waals surface area contributed by atoms with E-state index in [2.05, 4.69) is 0 Å².